The number of hydrogen-bond donors (Lipinski definition) is 2. The summed E-state index contributed by atoms with van der Waals surface area (Å²) in [6.45, 7) is 3.98. The van der Waals surface area contributed by atoms with Crippen LogP contribution in [0.25, 0.3) is 10.9 Å². The van der Waals surface area contributed by atoms with Gasteiger partial charge in [-0.1, -0.05) is 19.9 Å². The van der Waals surface area contributed by atoms with Gasteiger partial charge in [0, 0.05) is 36.2 Å². The second kappa shape index (κ2) is 8.62. The molecule has 0 atom stereocenters. The van der Waals surface area contributed by atoms with Crippen LogP contribution in [0.15, 0.2) is 57.6 Å². The highest BCUT2D eigenvalue weighted by molar-refractivity contribution is 7.89. The molecule has 0 radical (unpaired) electrons. The molecule has 2 N–H and O–H groups in total. The van der Waals surface area contributed by atoms with Gasteiger partial charge in [0.15, 0.2) is 5.69 Å². The van der Waals surface area contributed by atoms with E-state index in [2.05, 4.69) is 15.2 Å². The Balaban J connectivity index is 1.95. The average molecular weight is 445 g/mol. The molecule has 0 aliphatic heterocycles. The van der Waals surface area contributed by atoms with Crippen LogP contribution in [0.2, 0.25) is 0 Å². The number of fused-ring (bicyclic) bond motifs is 1. The Bertz CT molecular complexity index is 1290. The molecule has 3 rings (SSSR count). The van der Waals surface area contributed by atoms with Crippen molar-refractivity contribution in [1.29, 1.82) is 0 Å². The van der Waals surface area contributed by atoms with Gasteiger partial charge in [-0.05, 0) is 24.3 Å². The molecule has 0 aliphatic carbocycles. The van der Waals surface area contributed by atoms with Gasteiger partial charge in [-0.15, -0.1) is 10.2 Å². The maximum Gasteiger partial charge on any atom is 0.295 e. The molecule has 1 aromatic heterocycles. The van der Waals surface area contributed by atoms with E-state index in [1.54, 1.807) is 13.8 Å². The van der Waals surface area contributed by atoms with Crippen LogP contribution in [0.1, 0.15) is 24.2 Å². The summed E-state index contributed by atoms with van der Waals surface area (Å²) >= 11 is 0. The number of aromatic hydroxyl groups is 1. The maximum atomic E-state index is 12.7. The number of aromatic nitrogens is 1. The Morgan fingerprint density at radius 3 is 2.55 bits per heavy atom. The monoisotopic (exact) mass is 445 g/mol. The van der Waals surface area contributed by atoms with Crippen molar-refractivity contribution in [2.24, 2.45) is 10.2 Å². The second-order valence-corrected chi connectivity index (χ2v) is 8.37. The molecule has 162 valence electrons. The summed E-state index contributed by atoms with van der Waals surface area (Å²) in [5.41, 5.74) is 0.00154. The van der Waals surface area contributed by atoms with Crippen molar-refractivity contribution in [2.75, 3.05) is 13.1 Å². The molecule has 2 aromatic carbocycles. The van der Waals surface area contributed by atoms with Crippen LogP contribution in [-0.2, 0) is 10.0 Å². The number of rotatable bonds is 7. The number of nitrogens with one attached hydrogen (secondary N) is 1. The lowest BCUT2D eigenvalue weighted by molar-refractivity contribution is -0.384. The minimum absolute atomic E-state index is 0.0118. The summed E-state index contributed by atoms with van der Waals surface area (Å²) in [6, 6.07) is 9.25. The fourth-order valence-electron chi connectivity index (χ4n) is 3.02. The first-order valence-electron chi connectivity index (χ1n) is 9.24. The number of carbonyl (C=O) groups is 1. The molecule has 31 heavy (non-hydrogen) atoms. The molecule has 0 spiro atoms. The molecular formula is C19H19N5O6S. The van der Waals surface area contributed by atoms with Gasteiger partial charge >= 0.3 is 0 Å². The largest absolute Gasteiger partial charge is 0.493 e. The standard InChI is InChI=1S/C19H19N5O6S/c1-3-23(4-2)31(29,30)14-7-5-6-12(10-14)18(25)22-21-17-15-11-13(24(27)28)8-9-16(15)20-19(17)26/h5-11,20,26H,3-4H2,1-2H3. The maximum absolute atomic E-state index is 12.7. The van der Waals surface area contributed by atoms with Crippen molar-refractivity contribution >= 4 is 38.2 Å². The van der Waals surface area contributed by atoms with E-state index in [0.717, 1.165) is 0 Å². The molecule has 0 bridgehead atoms. The highest BCUT2D eigenvalue weighted by Gasteiger charge is 2.22. The van der Waals surface area contributed by atoms with E-state index >= 15 is 0 Å². The lowest BCUT2D eigenvalue weighted by atomic mass is 10.2. The van der Waals surface area contributed by atoms with Crippen LogP contribution in [-0.4, -0.2) is 46.7 Å². The normalized spacial score (nSPS) is 12.1. The third kappa shape index (κ3) is 4.29. The molecule has 12 heteroatoms. The molecule has 0 saturated heterocycles. The quantitative estimate of drug-likeness (QED) is 0.320. The van der Waals surface area contributed by atoms with Crippen LogP contribution in [0, 0.1) is 10.1 Å². The summed E-state index contributed by atoms with van der Waals surface area (Å²) in [5, 5.41) is 28.5. The Hall–Kier alpha value is -3.64. The topological polar surface area (TPSA) is 158 Å². The molecule has 0 fully saturated rings. The number of amides is 1. The van der Waals surface area contributed by atoms with Crippen molar-refractivity contribution in [2.45, 2.75) is 18.7 Å². The summed E-state index contributed by atoms with van der Waals surface area (Å²) in [5.74, 6) is -1.25. The van der Waals surface area contributed by atoms with Gasteiger partial charge in [0.25, 0.3) is 11.6 Å². The van der Waals surface area contributed by atoms with Gasteiger partial charge in [-0.2, -0.15) is 4.31 Å². The number of azo groups is 1. The zero-order chi connectivity index (χ0) is 22.8. The summed E-state index contributed by atoms with van der Waals surface area (Å²) in [4.78, 5) is 25.4. The van der Waals surface area contributed by atoms with E-state index in [-0.39, 0.29) is 40.3 Å². The second-order valence-electron chi connectivity index (χ2n) is 6.43. The molecule has 0 unspecified atom stereocenters. The fraction of sp³-hybridized carbons (Fsp3) is 0.211. The van der Waals surface area contributed by atoms with Crippen LogP contribution >= 0.6 is 0 Å². The zero-order valence-corrected chi connectivity index (χ0v) is 17.5. The number of hydrogen-bond acceptors (Lipinski definition) is 7. The van der Waals surface area contributed by atoms with Gasteiger partial charge in [-0.25, -0.2) is 8.42 Å². The van der Waals surface area contributed by atoms with E-state index in [0.29, 0.717) is 5.52 Å². The first-order chi connectivity index (χ1) is 14.7. The van der Waals surface area contributed by atoms with E-state index in [4.69, 9.17) is 0 Å². The minimum Gasteiger partial charge on any atom is -0.493 e. The van der Waals surface area contributed by atoms with Crippen molar-refractivity contribution in [1.82, 2.24) is 9.29 Å². The van der Waals surface area contributed by atoms with Crippen molar-refractivity contribution < 1.29 is 23.2 Å². The van der Waals surface area contributed by atoms with Gasteiger partial charge in [0.05, 0.1) is 15.3 Å². The number of H-pyrrole nitrogens is 1. The average Bonchev–Trinajstić information content (AvgIpc) is 3.06. The number of sulfonamides is 1. The fourth-order valence-corrected chi connectivity index (χ4v) is 4.53. The first kappa shape index (κ1) is 22.1. The third-order valence-electron chi connectivity index (χ3n) is 4.61. The number of nitrogens with zero attached hydrogens (tertiary/aromatic N) is 4. The Morgan fingerprint density at radius 1 is 1.19 bits per heavy atom. The van der Waals surface area contributed by atoms with Gasteiger partial charge in [0.1, 0.15) is 0 Å². The molecule has 1 heterocycles. The molecular weight excluding hydrogens is 426 g/mol. The van der Waals surface area contributed by atoms with Crippen LogP contribution in [0.5, 0.6) is 5.88 Å². The first-order valence-corrected chi connectivity index (χ1v) is 10.7. The lowest BCUT2D eigenvalue weighted by Gasteiger charge is -2.18. The predicted molar refractivity (Wildman–Crippen MR) is 112 cm³/mol. The SMILES string of the molecule is CCN(CC)S(=O)(=O)c1cccc(C(=O)N=Nc2c(O)[nH]c3ccc([N+](=O)[O-])cc23)c1. The van der Waals surface area contributed by atoms with Gasteiger partial charge in [0.2, 0.25) is 15.9 Å². The van der Waals surface area contributed by atoms with Crippen molar-refractivity contribution in [3.05, 3.63) is 58.1 Å². The van der Waals surface area contributed by atoms with Crippen molar-refractivity contribution in [3.8, 4) is 5.88 Å². The number of non-ortho nitro benzene ring substituents is 1. The van der Waals surface area contributed by atoms with E-state index < -0.39 is 26.7 Å². The molecule has 0 aliphatic rings. The number of benzene rings is 2. The highest BCUT2D eigenvalue weighted by Crippen LogP contribution is 2.37. The lowest BCUT2D eigenvalue weighted by Crippen LogP contribution is -2.30. The minimum atomic E-state index is -3.76. The highest BCUT2D eigenvalue weighted by atomic mass is 32.2. The van der Waals surface area contributed by atoms with Gasteiger partial charge in [-0.3, -0.25) is 14.9 Å². The summed E-state index contributed by atoms with van der Waals surface area (Å²) in [6.07, 6.45) is 0. The number of nitro benzene ring substituents is 1. The molecule has 0 saturated carbocycles. The number of nitro groups is 1. The van der Waals surface area contributed by atoms with E-state index in [1.165, 1.54) is 46.8 Å². The number of carbonyl (C=O) groups excluding carboxylic acids is 1. The van der Waals surface area contributed by atoms with E-state index in [1.807, 2.05) is 0 Å². The number of aromatic amines is 1. The molecule has 1 amide bonds. The summed E-state index contributed by atoms with van der Waals surface area (Å²) < 4.78 is 26.6. The van der Waals surface area contributed by atoms with E-state index in [9.17, 15) is 28.4 Å². The van der Waals surface area contributed by atoms with Crippen LogP contribution < -0.4 is 0 Å². The summed E-state index contributed by atoms with van der Waals surface area (Å²) in [7, 11) is -3.76. The predicted octanol–water partition coefficient (Wildman–Crippen LogP) is 3.74. The Kier molecular flexibility index (Phi) is 6.13. The van der Waals surface area contributed by atoms with Crippen LogP contribution in [0.3, 0.4) is 0 Å². The molecule has 3 aromatic rings. The Morgan fingerprint density at radius 2 is 1.90 bits per heavy atom. The Labute approximate surface area is 177 Å². The van der Waals surface area contributed by atoms with Gasteiger partial charge < -0.3 is 10.1 Å². The van der Waals surface area contributed by atoms with Crippen molar-refractivity contribution in [3.63, 3.8) is 0 Å². The third-order valence-corrected chi connectivity index (χ3v) is 6.66. The molecule has 11 nitrogen and oxygen atoms in total. The smallest absolute Gasteiger partial charge is 0.295 e. The zero-order valence-electron chi connectivity index (χ0n) is 16.6. The van der Waals surface area contributed by atoms with Crippen LogP contribution in [0.4, 0.5) is 11.4 Å².